The number of benzene rings is 1. The van der Waals surface area contributed by atoms with E-state index in [1.54, 1.807) is 0 Å². The monoisotopic (exact) mass is 270 g/mol. The van der Waals surface area contributed by atoms with Crippen molar-refractivity contribution in [2.45, 2.75) is 32.4 Å². The number of hydrogen-bond donors (Lipinski definition) is 1. The number of fused-ring (bicyclic) bond motifs is 1. The molecule has 1 aromatic heterocycles. The van der Waals surface area contributed by atoms with E-state index in [1.807, 2.05) is 12.3 Å². The van der Waals surface area contributed by atoms with Crippen molar-refractivity contribution in [2.24, 2.45) is 5.92 Å². The molecule has 1 saturated heterocycles. The molecular weight excluding hydrogens is 248 g/mol. The van der Waals surface area contributed by atoms with Gasteiger partial charge in [-0.3, -0.25) is 4.98 Å². The van der Waals surface area contributed by atoms with Crippen LogP contribution in [0.4, 0.5) is 0 Å². The average Bonchev–Trinajstić information content (AvgIpc) is 2.90. The van der Waals surface area contributed by atoms with Crippen molar-refractivity contribution < 1.29 is 4.74 Å². The number of ether oxygens (including phenoxy) is 1. The van der Waals surface area contributed by atoms with Gasteiger partial charge in [0.05, 0.1) is 17.7 Å². The van der Waals surface area contributed by atoms with Crippen molar-refractivity contribution in [3.63, 3.8) is 0 Å². The number of rotatable bonds is 4. The van der Waals surface area contributed by atoms with Crippen molar-refractivity contribution >= 4 is 10.9 Å². The highest BCUT2D eigenvalue weighted by Gasteiger charge is 2.32. The molecule has 2 aromatic rings. The van der Waals surface area contributed by atoms with Gasteiger partial charge in [-0.15, -0.1) is 0 Å². The molecule has 1 aromatic carbocycles. The van der Waals surface area contributed by atoms with Crippen LogP contribution in [0.1, 0.15) is 31.9 Å². The molecule has 20 heavy (non-hydrogen) atoms. The van der Waals surface area contributed by atoms with E-state index in [9.17, 15) is 0 Å². The molecular formula is C17H22N2O. The summed E-state index contributed by atoms with van der Waals surface area (Å²) in [5.74, 6) is 0.596. The first-order valence-electron chi connectivity index (χ1n) is 7.49. The van der Waals surface area contributed by atoms with Crippen LogP contribution in [0.5, 0.6) is 0 Å². The first-order chi connectivity index (χ1) is 9.79. The minimum Gasteiger partial charge on any atom is -0.376 e. The van der Waals surface area contributed by atoms with Gasteiger partial charge in [-0.05, 0) is 36.6 Å². The predicted molar refractivity (Wildman–Crippen MR) is 81.7 cm³/mol. The van der Waals surface area contributed by atoms with Crippen LogP contribution in [0, 0.1) is 5.92 Å². The molecule has 2 heterocycles. The molecule has 1 N–H and O–H groups in total. The van der Waals surface area contributed by atoms with Gasteiger partial charge in [0.2, 0.25) is 0 Å². The molecule has 1 fully saturated rings. The van der Waals surface area contributed by atoms with Crippen LogP contribution in [-0.2, 0) is 4.74 Å². The predicted octanol–water partition coefficient (Wildman–Crippen LogP) is 3.31. The van der Waals surface area contributed by atoms with E-state index in [0.29, 0.717) is 5.92 Å². The third-order valence-electron chi connectivity index (χ3n) is 4.19. The number of aromatic nitrogens is 1. The third kappa shape index (κ3) is 2.56. The quantitative estimate of drug-likeness (QED) is 0.925. The van der Waals surface area contributed by atoms with Gasteiger partial charge in [0.25, 0.3) is 0 Å². The van der Waals surface area contributed by atoms with Crippen LogP contribution < -0.4 is 5.32 Å². The van der Waals surface area contributed by atoms with Crippen LogP contribution in [0.3, 0.4) is 0 Å². The number of nitrogens with zero attached hydrogens (tertiary/aromatic N) is 1. The topological polar surface area (TPSA) is 34.2 Å². The lowest BCUT2D eigenvalue weighted by atomic mass is 9.92. The summed E-state index contributed by atoms with van der Waals surface area (Å²) in [5.41, 5.74) is 2.33. The molecule has 3 rings (SSSR count). The Labute approximate surface area is 120 Å². The van der Waals surface area contributed by atoms with E-state index in [2.05, 4.69) is 48.4 Å². The molecule has 3 atom stereocenters. The summed E-state index contributed by atoms with van der Waals surface area (Å²) in [6.45, 7) is 6.24. The Kier molecular flexibility index (Phi) is 3.99. The van der Waals surface area contributed by atoms with Crippen molar-refractivity contribution in [2.75, 3.05) is 13.2 Å². The first kappa shape index (κ1) is 13.5. The average molecular weight is 270 g/mol. The summed E-state index contributed by atoms with van der Waals surface area (Å²) in [6, 6.07) is 10.9. The van der Waals surface area contributed by atoms with E-state index >= 15 is 0 Å². The highest BCUT2D eigenvalue weighted by atomic mass is 16.5. The van der Waals surface area contributed by atoms with Crippen LogP contribution >= 0.6 is 0 Å². The Bertz CT molecular complexity index is 584. The van der Waals surface area contributed by atoms with Crippen LogP contribution in [0.25, 0.3) is 10.9 Å². The minimum atomic E-state index is 0.254. The van der Waals surface area contributed by atoms with E-state index < -0.39 is 0 Å². The normalized spacial score (nSPS) is 24.1. The molecule has 0 amide bonds. The Morgan fingerprint density at radius 1 is 1.40 bits per heavy atom. The summed E-state index contributed by atoms with van der Waals surface area (Å²) in [5, 5.41) is 4.77. The SMILES string of the molecule is CCNC(c1ccc2cccnc2c1)C1OCCC1C. The van der Waals surface area contributed by atoms with Crippen LogP contribution in [0.2, 0.25) is 0 Å². The van der Waals surface area contributed by atoms with Gasteiger partial charge in [0.15, 0.2) is 0 Å². The zero-order chi connectivity index (χ0) is 13.9. The lowest BCUT2D eigenvalue weighted by Crippen LogP contribution is -2.34. The van der Waals surface area contributed by atoms with Gasteiger partial charge < -0.3 is 10.1 Å². The number of likely N-dealkylation sites (N-methyl/N-ethyl adjacent to an activating group) is 1. The second-order valence-corrected chi connectivity index (χ2v) is 5.59. The van der Waals surface area contributed by atoms with Gasteiger partial charge in [-0.2, -0.15) is 0 Å². The minimum absolute atomic E-state index is 0.254. The van der Waals surface area contributed by atoms with Crippen molar-refractivity contribution in [3.8, 4) is 0 Å². The summed E-state index contributed by atoms with van der Waals surface area (Å²) < 4.78 is 5.96. The van der Waals surface area contributed by atoms with Crippen LogP contribution in [-0.4, -0.2) is 24.2 Å². The van der Waals surface area contributed by atoms with Gasteiger partial charge >= 0.3 is 0 Å². The second-order valence-electron chi connectivity index (χ2n) is 5.59. The molecule has 0 radical (unpaired) electrons. The molecule has 1 aliphatic rings. The van der Waals surface area contributed by atoms with E-state index in [-0.39, 0.29) is 12.1 Å². The van der Waals surface area contributed by atoms with E-state index in [1.165, 1.54) is 10.9 Å². The maximum absolute atomic E-state index is 5.96. The smallest absolute Gasteiger partial charge is 0.0796 e. The molecule has 3 nitrogen and oxygen atoms in total. The Morgan fingerprint density at radius 3 is 3.05 bits per heavy atom. The third-order valence-corrected chi connectivity index (χ3v) is 4.19. The molecule has 106 valence electrons. The van der Waals surface area contributed by atoms with E-state index in [4.69, 9.17) is 4.74 Å². The molecule has 3 unspecified atom stereocenters. The summed E-state index contributed by atoms with van der Waals surface area (Å²) in [6.07, 6.45) is 3.26. The van der Waals surface area contributed by atoms with Gasteiger partial charge in [-0.25, -0.2) is 0 Å². The maximum atomic E-state index is 5.96. The first-order valence-corrected chi connectivity index (χ1v) is 7.49. The van der Waals surface area contributed by atoms with Gasteiger partial charge in [0.1, 0.15) is 0 Å². The lowest BCUT2D eigenvalue weighted by molar-refractivity contribution is 0.0612. The molecule has 0 spiro atoms. The highest BCUT2D eigenvalue weighted by molar-refractivity contribution is 5.79. The zero-order valence-electron chi connectivity index (χ0n) is 12.2. The fourth-order valence-corrected chi connectivity index (χ4v) is 3.06. The van der Waals surface area contributed by atoms with Crippen molar-refractivity contribution in [1.82, 2.24) is 10.3 Å². The second kappa shape index (κ2) is 5.90. The number of pyridine rings is 1. The fourth-order valence-electron chi connectivity index (χ4n) is 3.06. The largest absolute Gasteiger partial charge is 0.376 e. The van der Waals surface area contributed by atoms with Crippen molar-refractivity contribution in [1.29, 1.82) is 0 Å². The van der Waals surface area contributed by atoms with E-state index in [0.717, 1.165) is 25.1 Å². The standard InChI is InChI=1S/C17H22N2O/c1-3-18-16(17-12(2)8-10-20-17)14-7-6-13-5-4-9-19-15(13)11-14/h4-7,9,11-12,16-18H,3,8,10H2,1-2H3. The van der Waals surface area contributed by atoms with Gasteiger partial charge in [0, 0.05) is 18.2 Å². The van der Waals surface area contributed by atoms with Crippen LogP contribution in [0.15, 0.2) is 36.5 Å². The molecule has 0 aliphatic carbocycles. The Hall–Kier alpha value is -1.45. The Morgan fingerprint density at radius 2 is 2.30 bits per heavy atom. The summed E-state index contributed by atoms with van der Waals surface area (Å²) >= 11 is 0. The van der Waals surface area contributed by atoms with Gasteiger partial charge in [-0.1, -0.05) is 32.0 Å². The molecule has 3 heteroatoms. The number of nitrogens with one attached hydrogen (secondary N) is 1. The number of hydrogen-bond acceptors (Lipinski definition) is 3. The van der Waals surface area contributed by atoms with Crippen molar-refractivity contribution in [3.05, 3.63) is 42.1 Å². The summed E-state index contributed by atoms with van der Waals surface area (Å²) in [4.78, 5) is 4.46. The molecule has 1 aliphatic heterocycles. The highest BCUT2D eigenvalue weighted by Crippen LogP contribution is 2.32. The lowest BCUT2D eigenvalue weighted by Gasteiger charge is -2.27. The molecule has 0 bridgehead atoms. The molecule has 0 saturated carbocycles. The Balaban J connectivity index is 1.96. The fraction of sp³-hybridized carbons (Fsp3) is 0.471. The summed E-state index contributed by atoms with van der Waals surface area (Å²) in [7, 11) is 0. The maximum Gasteiger partial charge on any atom is 0.0796 e. The zero-order valence-corrected chi connectivity index (χ0v) is 12.2.